The SMILES string of the molecule is CC1Cc2ccccc2N1C(=O)C(=O)Nc1ccc(Cl)c([N+](=O)[O-])c1. The first-order chi connectivity index (χ1) is 11.9. The van der Waals surface area contributed by atoms with E-state index in [0.29, 0.717) is 12.1 Å². The van der Waals surface area contributed by atoms with E-state index in [1.54, 1.807) is 12.1 Å². The molecule has 0 spiro atoms. The summed E-state index contributed by atoms with van der Waals surface area (Å²) in [5.74, 6) is -1.57. The first kappa shape index (κ1) is 16.9. The van der Waals surface area contributed by atoms with Gasteiger partial charge in [-0.1, -0.05) is 29.8 Å². The first-order valence-corrected chi connectivity index (χ1v) is 7.92. The largest absolute Gasteiger partial charge is 0.318 e. The maximum Gasteiger partial charge on any atom is 0.316 e. The molecule has 1 aliphatic heterocycles. The third-order valence-electron chi connectivity index (χ3n) is 4.02. The number of carbonyl (C=O) groups excluding carboxylic acids is 2. The number of benzene rings is 2. The van der Waals surface area contributed by atoms with E-state index in [9.17, 15) is 19.7 Å². The summed E-state index contributed by atoms with van der Waals surface area (Å²) in [4.78, 5) is 36.6. The van der Waals surface area contributed by atoms with Crippen LogP contribution in [0, 0.1) is 10.1 Å². The van der Waals surface area contributed by atoms with E-state index in [-0.39, 0.29) is 22.4 Å². The lowest BCUT2D eigenvalue weighted by molar-refractivity contribution is -0.384. The van der Waals surface area contributed by atoms with Gasteiger partial charge in [0.05, 0.1) is 4.92 Å². The Kier molecular flexibility index (Phi) is 4.41. The topological polar surface area (TPSA) is 92.6 Å². The molecule has 1 atom stereocenters. The van der Waals surface area contributed by atoms with Gasteiger partial charge in [-0.25, -0.2) is 0 Å². The van der Waals surface area contributed by atoms with Gasteiger partial charge >= 0.3 is 11.8 Å². The van der Waals surface area contributed by atoms with E-state index in [1.165, 1.54) is 17.0 Å². The van der Waals surface area contributed by atoms with Gasteiger partial charge in [0, 0.05) is 23.5 Å². The molecule has 2 amide bonds. The van der Waals surface area contributed by atoms with Crippen LogP contribution in [0.5, 0.6) is 0 Å². The Bertz CT molecular complexity index is 884. The lowest BCUT2D eigenvalue weighted by Crippen LogP contribution is -2.43. The fraction of sp³-hybridized carbons (Fsp3) is 0.176. The van der Waals surface area contributed by atoms with Crippen molar-refractivity contribution in [3.63, 3.8) is 0 Å². The van der Waals surface area contributed by atoms with Crippen LogP contribution >= 0.6 is 11.6 Å². The minimum absolute atomic E-state index is 0.0450. The standard InChI is InChI=1S/C17H14ClN3O4/c1-10-8-11-4-2-3-5-14(11)20(10)17(23)16(22)19-12-6-7-13(18)15(9-12)21(24)25/h2-7,9-10H,8H2,1H3,(H,19,22). The van der Waals surface area contributed by atoms with Crippen molar-refractivity contribution in [3.8, 4) is 0 Å². The molecule has 8 heteroatoms. The predicted molar refractivity (Wildman–Crippen MR) is 93.8 cm³/mol. The van der Waals surface area contributed by atoms with Crippen LogP contribution in [0.2, 0.25) is 5.02 Å². The quantitative estimate of drug-likeness (QED) is 0.506. The average Bonchev–Trinajstić information content (AvgIpc) is 2.91. The molecule has 1 heterocycles. The number of hydrogen-bond acceptors (Lipinski definition) is 4. The molecule has 3 rings (SSSR count). The Morgan fingerprint density at radius 1 is 1.28 bits per heavy atom. The van der Waals surface area contributed by atoms with Gasteiger partial charge < -0.3 is 10.2 Å². The fourth-order valence-electron chi connectivity index (χ4n) is 2.90. The molecular weight excluding hydrogens is 346 g/mol. The Morgan fingerprint density at radius 3 is 2.72 bits per heavy atom. The van der Waals surface area contributed by atoms with E-state index in [2.05, 4.69) is 5.32 Å². The number of halogens is 1. The molecule has 128 valence electrons. The zero-order chi connectivity index (χ0) is 18.1. The molecule has 0 aromatic heterocycles. The number of fused-ring (bicyclic) bond motifs is 1. The Morgan fingerprint density at radius 2 is 2.00 bits per heavy atom. The highest BCUT2D eigenvalue weighted by Gasteiger charge is 2.34. The Hall–Kier alpha value is -2.93. The van der Waals surface area contributed by atoms with Crippen LogP contribution in [-0.4, -0.2) is 22.8 Å². The summed E-state index contributed by atoms with van der Waals surface area (Å²) in [6.45, 7) is 1.86. The number of anilines is 2. The predicted octanol–water partition coefficient (Wildman–Crippen LogP) is 3.16. The van der Waals surface area contributed by atoms with Gasteiger partial charge in [-0.2, -0.15) is 0 Å². The smallest absolute Gasteiger partial charge is 0.316 e. The van der Waals surface area contributed by atoms with Crippen LogP contribution in [0.25, 0.3) is 0 Å². The van der Waals surface area contributed by atoms with Crippen molar-refractivity contribution in [2.45, 2.75) is 19.4 Å². The summed E-state index contributed by atoms with van der Waals surface area (Å²) in [6.07, 6.45) is 0.668. The second-order valence-electron chi connectivity index (χ2n) is 5.73. The van der Waals surface area contributed by atoms with E-state index >= 15 is 0 Å². The fourth-order valence-corrected chi connectivity index (χ4v) is 3.09. The number of nitro groups is 1. The van der Waals surface area contributed by atoms with Crippen molar-refractivity contribution < 1.29 is 14.5 Å². The van der Waals surface area contributed by atoms with Gasteiger partial charge in [-0.15, -0.1) is 0 Å². The highest BCUT2D eigenvalue weighted by Crippen LogP contribution is 2.32. The van der Waals surface area contributed by atoms with Crippen LogP contribution in [0.3, 0.4) is 0 Å². The van der Waals surface area contributed by atoms with E-state index < -0.39 is 16.7 Å². The summed E-state index contributed by atoms with van der Waals surface area (Å²) >= 11 is 5.74. The summed E-state index contributed by atoms with van der Waals surface area (Å²) < 4.78 is 0. The summed E-state index contributed by atoms with van der Waals surface area (Å²) in [5.41, 5.74) is 1.50. The molecule has 0 aliphatic carbocycles. The maximum absolute atomic E-state index is 12.6. The van der Waals surface area contributed by atoms with Gasteiger partial charge in [-0.3, -0.25) is 19.7 Å². The minimum atomic E-state index is -0.861. The van der Waals surface area contributed by atoms with Gasteiger partial charge in [0.15, 0.2) is 0 Å². The van der Waals surface area contributed by atoms with Crippen molar-refractivity contribution >= 4 is 40.5 Å². The van der Waals surface area contributed by atoms with Crippen LogP contribution in [-0.2, 0) is 16.0 Å². The molecule has 1 unspecified atom stereocenters. The van der Waals surface area contributed by atoms with Crippen molar-refractivity contribution in [1.29, 1.82) is 0 Å². The minimum Gasteiger partial charge on any atom is -0.318 e. The maximum atomic E-state index is 12.6. The molecule has 0 saturated heterocycles. The second kappa shape index (κ2) is 6.52. The Labute approximate surface area is 148 Å². The zero-order valence-electron chi connectivity index (χ0n) is 13.2. The van der Waals surface area contributed by atoms with Gasteiger partial charge in [0.25, 0.3) is 5.69 Å². The third kappa shape index (κ3) is 3.18. The van der Waals surface area contributed by atoms with Crippen LogP contribution in [0.4, 0.5) is 17.1 Å². The number of nitrogens with zero attached hydrogens (tertiary/aromatic N) is 2. The van der Waals surface area contributed by atoms with E-state index in [4.69, 9.17) is 11.6 Å². The molecular formula is C17H14ClN3O4. The summed E-state index contributed by atoms with van der Waals surface area (Å²) in [7, 11) is 0. The van der Waals surface area contributed by atoms with Crippen molar-refractivity contribution in [2.75, 3.05) is 10.2 Å². The Balaban J connectivity index is 1.81. The highest BCUT2D eigenvalue weighted by atomic mass is 35.5. The summed E-state index contributed by atoms with van der Waals surface area (Å²) in [5, 5.41) is 13.3. The molecule has 0 radical (unpaired) electrons. The second-order valence-corrected chi connectivity index (χ2v) is 6.14. The highest BCUT2D eigenvalue weighted by molar-refractivity contribution is 6.44. The van der Waals surface area contributed by atoms with Gasteiger partial charge in [0.1, 0.15) is 5.02 Å². The molecule has 25 heavy (non-hydrogen) atoms. The number of rotatable bonds is 2. The van der Waals surface area contributed by atoms with E-state index in [1.807, 2.05) is 19.1 Å². The molecule has 0 saturated carbocycles. The normalized spacial score (nSPS) is 15.6. The lowest BCUT2D eigenvalue weighted by Gasteiger charge is -2.22. The number of hydrogen-bond donors (Lipinski definition) is 1. The molecule has 0 fully saturated rings. The molecule has 0 bridgehead atoms. The van der Waals surface area contributed by atoms with Gasteiger partial charge in [0.2, 0.25) is 0 Å². The first-order valence-electron chi connectivity index (χ1n) is 7.55. The molecule has 1 aliphatic rings. The average molecular weight is 360 g/mol. The van der Waals surface area contributed by atoms with Crippen LogP contribution in [0.15, 0.2) is 42.5 Å². The van der Waals surface area contributed by atoms with Crippen molar-refractivity contribution in [2.24, 2.45) is 0 Å². The van der Waals surface area contributed by atoms with Crippen LogP contribution in [0.1, 0.15) is 12.5 Å². The number of nitrogens with one attached hydrogen (secondary N) is 1. The van der Waals surface area contributed by atoms with Crippen LogP contribution < -0.4 is 10.2 Å². The number of amides is 2. The molecule has 7 nitrogen and oxygen atoms in total. The molecule has 2 aromatic carbocycles. The monoisotopic (exact) mass is 359 g/mol. The zero-order valence-corrected chi connectivity index (χ0v) is 14.0. The van der Waals surface area contributed by atoms with Gasteiger partial charge in [-0.05, 0) is 37.1 Å². The molecule has 1 N–H and O–H groups in total. The summed E-state index contributed by atoms with van der Waals surface area (Å²) in [6, 6.07) is 11.1. The number of carbonyl (C=O) groups is 2. The van der Waals surface area contributed by atoms with E-state index in [0.717, 1.165) is 11.6 Å². The van der Waals surface area contributed by atoms with Crippen molar-refractivity contribution in [3.05, 3.63) is 63.2 Å². The lowest BCUT2D eigenvalue weighted by atomic mass is 10.1. The number of nitro benzene ring substituents is 1. The van der Waals surface area contributed by atoms with Crippen molar-refractivity contribution in [1.82, 2.24) is 0 Å². The molecule has 2 aromatic rings. The third-order valence-corrected chi connectivity index (χ3v) is 4.34. The number of para-hydroxylation sites is 1.